The molecule has 3 aromatic heterocycles. The van der Waals surface area contributed by atoms with Gasteiger partial charge in [0.25, 0.3) is 0 Å². The smallest absolute Gasteiger partial charge is 0.425 e. The van der Waals surface area contributed by atoms with Gasteiger partial charge >= 0.3 is 18.1 Å². The van der Waals surface area contributed by atoms with Gasteiger partial charge in [0, 0.05) is 24.3 Å². The number of fused-ring (bicyclic) bond motifs is 1. The predicted molar refractivity (Wildman–Crippen MR) is 177 cm³/mol. The molecule has 4 rings (SSSR count). The number of nitriles is 1. The molecule has 0 fully saturated rings. The van der Waals surface area contributed by atoms with Crippen molar-refractivity contribution >= 4 is 34.7 Å². The van der Waals surface area contributed by atoms with E-state index < -0.39 is 53.9 Å². The molecule has 15 heteroatoms. The largest absolute Gasteiger partial charge is 0.443 e. The van der Waals surface area contributed by atoms with Crippen LogP contribution in [0.4, 0.5) is 24.2 Å². The fourth-order valence-corrected chi connectivity index (χ4v) is 4.58. The first-order valence-electron chi connectivity index (χ1n) is 15.4. The highest BCUT2D eigenvalue weighted by Gasteiger charge is 2.35. The first-order valence-corrected chi connectivity index (χ1v) is 15.4. The van der Waals surface area contributed by atoms with E-state index in [4.69, 9.17) is 9.47 Å². The summed E-state index contributed by atoms with van der Waals surface area (Å²) < 4.78 is 40.7. The van der Waals surface area contributed by atoms with E-state index in [1.165, 1.54) is 36.7 Å². The summed E-state index contributed by atoms with van der Waals surface area (Å²) in [6, 6.07) is 15.1. The van der Waals surface area contributed by atoms with Gasteiger partial charge in [-0.1, -0.05) is 18.2 Å². The molecule has 0 atom stereocenters. The molecule has 2 N–H and O–H groups in total. The Labute approximate surface area is 286 Å². The molecule has 0 unspecified atom stereocenters. The minimum Gasteiger partial charge on any atom is -0.443 e. The summed E-state index contributed by atoms with van der Waals surface area (Å²) in [5.41, 5.74) is -2.35. The van der Waals surface area contributed by atoms with Crippen LogP contribution in [0.3, 0.4) is 0 Å². The topological polar surface area (TPSA) is 172 Å². The number of halogens is 2. The van der Waals surface area contributed by atoms with Gasteiger partial charge in [-0.2, -0.15) is 23.7 Å². The van der Waals surface area contributed by atoms with Crippen molar-refractivity contribution < 1.29 is 37.8 Å². The van der Waals surface area contributed by atoms with Crippen LogP contribution in [0.5, 0.6) is 0 Å². The first kappa shape index (κ1) is 36.9. The molecular weight excluding hydrogens is 652 g/mol. The van der Waals surface area contributed by atoms with Gasteiger partial charge in [0.15, 0.2) is 11.3 Å². The summed E-state index contributed by atoms with van der Waals surface area (Å²) in [6.45, 7) is 8.83. The van der Waals surface area contributed by atoms with Crippen LogP contribution in [0.25, 0.3) is 10.8 Å². The first-order chi connectivity index (χ1) is 23.4. The number of carbonyl (C=O) groups excluding carboxylic acids is 3. The Hall–Kier alpha value is -5.91. The highest BCUT2D eigenvalue weighted by atomic mass is 19.3. The van der Waals surface area contributed by atoms with Crippen LogP contribution in [-0.4, -0.2) is 55.7 Å². The van der Waals surface area contributed by atoms with E-state index in [0.717, 1.165) is 11.0 Å². The molecule has 0 bridgehead atoms. The SMILES string of the molecule is CC(C)(C)OC(=O)N(C(=O)OC(C)(C)C)c1nccc2ccc(CNC(=O)Cc3c(C#N)ccc(=NCC(F)(F)c4ccccn4)n3O)cc12. The third kappa shape index (κ3) is 9.37. The third-order valence-electron chi connectivity index (χ3n) is 6.77. The average molecular weight is 690 g/mol. The Kier molecular flexibility index (Phi) is 10.8. The third-order valence-corrected chi connectivity index (χ3v) is 6.77. The van der Waals surface area contributed by atoms with Crippen LogP contribution in [0.15, 0.2) is 72.0 Å². The number of rotatable bonds is 8. The van der Waals surface area contributed by atoms with Crippen molar-refractivity contribution in [3.63, 3.8) is 0 Å². The molecule has 50 heavy (non-hydrogen) atoms. The zero-order chi connectivity index (χ0) is 36.9. The van der Waals surface area contributed by atoms with E-state index in [9.17, 15) is 33.6 Å². The Morgan fingerprint density at radius 3 is 2.24 bits per heavy atom. The van der Waals surface area contributed by atoms with Crippen LogP contribution in [0, 0.1) is 11.3 Å². The molecule has 0 saturated carbocycles. The normalized spacial score (nSPS) is 12.3. The zero-order valence-corrected chi connectivity index (χ0v) is 28.4. The fraction of sp³-hybridized carbons (Fsp3) is 0.343. The second-order valence-electron chi connectivity index (χ2n) is 13.2. The lowest BCUT2D eigenvalue weighted by atomic mass is 10.1. The minimum atomic E-state index is -3.44. The summed E-state index contributed by atoms with van der Waals surface area (Å²) in [4.78, 5) is 52.1. The highest BCUT2D eigenvalue weighted by Crippen LogP contribution is 2.29. The lowest BCUT2D eigenvalue weighted by molar-refractivity contribution is -0.120. The Bertz CT molecular complexity index is 1980. The number of carbonyl (C=O) groups is 3. The Balaban J connectivity index is 1.58. The van der Waals surface area contributed by atoms with Gasteiger partial charge in [-0.3, -0.25) is 14.8 Å². The van der Waals surface area contributed by atoms with Crippen molar-refractivity contribution in [1.29, 1.82) is 5.26 Å². The summed E-state index contributed by atoms with van der Waals surface area (Å²) in [6.07, 6.45) is 0.170. The summed E-state index contributed by atoms with van der Waals surface area (Å²) in [5, 5.41) is 24.1. The van der Waals surface area contributed by atoms with Crippen molar-refractivity contribution in [3.8, 4) is 6.07 Å². The second kappa shape index (κ2) is 14.7. The number of hydrogen-bond donors (Lipinski definition) is 2. The molecule has 0 aliphatic heterocycles. The molecule has 0 spiro atoms. The summed E-state index contributed by atoms with van der Waals surface area (Å²) in [5.74, 6) is -4.10. The number of alkyl halides is 2. The fourth-order valence-electron chi connectivity index (χ4n) is 4.58. The number of ether oxygens (including phenoxy) is 2. The van der Waals surface area contributed by atoms with Crippen LogP contribution >= 0.6 is 0 Å². The van der Waals surface area contributed by atoms with Crippen molar-refractivity contribution in [1.82, 2.24) is 20.0 Å². The number of benzene rings is 1. The monoisotopic (exact) mass is 689 g/mol. The molecule has 1 aromatic carbocycles. The molecule has 3 heterocycles. The zero-order valence-electron chi connectivity index (χ0n) is 28.4. The number of nitrogens with zero attached hydrogens (tertiary/aromatic N) is 6. The van der Waals surface area contributed by atoms with E-state index in [0.29, 0.717) is 21.1 Å². The van der Waals surface area contributed by atoms with Gasteiger partial charge in [0.2, 0.25) is 5.91 Å². The van der Waals surface area contributed by atoms with E-state index in [2.05, 4.69) is 20.3 Å². The molecule has 0 radical (unpaired) electrons. The molecular formula is C35H37F2N7O6. The molecule has 0 aliphatic rings. The minimum absolute atomic E-state index is 0.0460. The molecule has 3 amide bonds. The molecule has 0 aliphatic carbocycles. The van der Waals surface area contributed by atoms with Gasteiger partial charge in [0.05, 0.1) is 17.7 Å². The Morgan fingerprint density at radius 2 is 1.64 bits per heavy atom. The van der Waals surface area contributed by atoms with Crippen LogP contribution in [0.1, 0.15) is 64.1 Å². The van der Waals surface area contributed by atoms with Crippen molar-refractivity contribution in [2.75, 3.05) is 11.4 Å². The number of nitrogens with one attached hydrogen (secondary N) is 1. The Morgan fingerprint density at radius 1 is 0.960 bits per heavy atom. The van der Waals surface area contributed by atoms with Gasteiger partial charge in [-0.25, -0.2) is 14.6 Å². The second-order valence-corrected chi connectivity index (χ2v) is 13.2. The molecule has 13 nitrogen and oxygen atoms in total. The number of imide groups is 1. The molecule has 4 aromatic rings. The van der Waals surface area contributed by atoms with Crippen LogP contribution in [-0.2, 0) is 33.2 Å². The molecule has 0 saturated heterocycles. The average Bonchev–Trinajstić information content (AvgIpc) is 3.03. The van der Waals surface area contributed by atoms with Crippen molar-refractivity contribution in [3.05, 3.63) is 95.0 Å². The van der Waals surface area contributed by atoms with Crippen LogP contribution in [0.2, 0.25) is 0 Å². The maximum atomic E-state index is 14.7. The van der Waals surface area contributed by atoms with Crippen molar-refractivity contribution in [2.45, 2.75) is 71.6 Å². The van der Waals surface area contributed by atoms with E-state index >= 15 is 0 Å². The maximum absolute atomic E-state index is 14.7. The maximum Gasteiger partial charge on any atom is 0.425 e. The van der Waals surface area contributed by atoms with E-state index in [1.54, 1.807) is 65.8 Å². The lowest BCUT2D eigenvalue weighted by Gasteiger charge is -2.28. The number of anilines is 1. The molecule has 262 valence electrons. The van der Waals surface area contributed by atoms with E-state index in [1.807, 2.05) is 6.07 Å². The number of pyridine rings is 3. The van der Waals surface area contributed by atoms with Crippen LogP contribution < -0.4 is 15.7 Å². The summed E-state index contributed by atoms with van der Waals surface area (Å²) in [7, 11) is 0. The van der Waals surface area contributed by atoms with Gasteiger partial charge in [-0.15, -0.1) is 0 Å². The lowest BCUT2D eigenvalue weighted by Crippen LogP contribution is -2.44. The highest BCUT2D eigenvalue weighted by molar-refractivity contribution is 6.13. The standard InChI is InChI=1S/C35H37F2N7O6/c1-33(2,3)49-31(46)43(32(47)50-34(4,5)6)30-25-17-22(10-11-23(25)14-16-40-30)20-41-29(45)18-26-24(19-38)12-13-28(44(26)48)42-21-35(36,37)27-9-7-8-15-39-27/h7-17,48H,18,20-21H2,1-6H3,(H,41,45). The predicted octanol–water partition coefficient (Wildman–Crippen LogP) is 5.77. The van der Waals surface area contributed by atoms with Gasteiger partial charge < -0.3 is 20.0 Å². The quantitative estimate of drug-likeness (QED) is 0.218. The van der Waals surface area contributed by atoms with Gasteiger partial charge in [0.1, 0.15) is 29.5 Å². The summed E-state index contributed by atoms with van der Waals surface area (Å²) >= 11 is 0. The number of aromatic nitrogens is 3. The van der Waals surface area contributed by atoms with E-state index in [-0.39, 0.29) is 29.1 Å². The van der Waals surface area contributed by atoms with Crippen molar-refractivity contribution in [2.24, 2.45) is 4.99 Å². The van der Waals surface area contributed by atoms with Gasteiger partial charge in [-0.05, 0) is 88.9 Å². The number of hydrogen-bond acceptors (Lipinski definition) is 10. The number of amides is 3.